The summed E-state index contributed by atoms with van der Waals surface area (Å²) in [6.45, 7) is 4.08. The normalized spacial score (nSPS) is 13.8. The van der Waals surface area contributed by atoms with Crippen molar-refractivity contribution in [2.75, 3.05) is 13.7 Å². The van der Waals surface area contributed by atoms with Crippen molar-refractivity contribution in [1.82, 2.24) is 19.9 Å². The summed E-state index contributed by atoms with van der Waals surface area (Å²) >= 11 is 0. The molecule has 3 rings (SSSR count). The zero-order valence-electron chi connectivity index (χ0n) is 17.4. The van der Waals surface area contributed by atoms with E-state index in [-0.39, 0.29) is 23.5 Å². The molecule has 31 heavy (non-hydrogen) atoms. The molecule has 1 N–H and O–H groups in total. The highest BCUT2D eigenvalue weighted by Crippen LogP contribution is 2.33. The summed E-state index contributed by atoms with van der Waals surface area (Å²) in [5, 5.41) is 6.67. The molecule has 0 aliphatic carbocycles. The molecule has 3 aromatic rings. The van der Waals surface area contributed by atoms with Gasteiger partial charge in [0.1, 0.15) is 5.56 Å². The number of carbonyl (C=O) groups is 1. The van der Waals surface area contributed by atoms with Gasteiger partial charge in [0.05, 0.1) is 24.9 Å². The molecule has 0 spiro atoms. The van der Waals surface area contributed by atoms with Crippen LogP contribution in [-0.2, 0) is 0 Å². The quantitative estimate of drug-likeness (QED) is 0.579. The Morgan fingerprint density at radius 2 is 2.00 bits per heavy atom. The van der Waals surface area contributed by atoms with E-state index in [0.717, 1.165) is 6.92 Å². The molecule has 2 atom stereocenters. The van der Waals surface area contributed by atoms with Crippen LogP contribution in [0.15, 0.2) is 30.5 Å². The number of rotatable bonds is 6. The van der Waals surface area contributed by atoms with E-state index in [1.807, 2.05) is 0 Å². The van der Waals surface area contributed by atoms with Gasteiger partial charge < -0.3 is 10.1 Å². The summed E-state index contributed by atoms with van der Waals surface area (Å²) in [6, 6.07) is 6.08. The monoisotopic (exact) mass is 438 g/mol. The number of carbonyl (C=O) groups excluding carboxylic acids is 1. The van der Waals surface area contributed by atoms with Gasteiger partial charge in [0.25, 0.3) is 5.91 Å². The summed E-state index contributed by atoms with van der Waals surface area (Å²) in [5.74, 6) is -3.51. The lowest BCUT2D eigenvalue weighted by Gasteiger charge is -2.22. The number of benzene rings is 1. The van der Waals surface area contributed by atoms with Crippen LogP contribution >= 0.6 is 0 Å². The number of nitrogens with one attached hydrogen (secondary N) is 1. The summed E-state index contributed by atoms with van der Waals surface area (Å²) in [7, 11) is 1.34. The number of aromatic nitrogens is 3. The minimum absolute atomic E-state index is 0.0132. The maximum Gasteiger partial charge on any atom is 0.391 e. The number of hydrogen-bond acceptors (Lipinski definition) is 4. The number of methoxy groups -OCH3 is 1. The molecule has 2 heterocycles. The van der Waals surface area contributed by atoms with Gasteiger partial charge in [-0.2, -0.15) is 18.3 Å². The van der Waals surface area contributed by atoms with Crippen molar-refractivity contribution in [3.8, 4) is 17.0 Å². The average molecular weight is 438 g/mol. The number of ether oxygens (including phenoxy) is 1. The van der Waals surface area contributed by atoms with Crippen LogP contribution in [0, 0.1) is 24.6 Å². The van der Waals surface area contributed by atoms with Gasteiger partial charge in [-0.25, -0.2) is 13.9 Å². The molecule has 0 aliphatic heterocycles. The van der Waals surface area contributed by atoms with Gasteiger partial charge in [0, 0.05) is 17.8 Å². The van der Waals surface area contributed by atoms with E-state index in [0.29, 0.717) is 17.0 Å². The van der Waals surface area contributed by atoms with Crippen molar-refractivity contribution in [2.24, 2.45) is 11.8 Å². The van der Waals surface area contributed by atoms with E-state index in [1.165, 1.54) is 36.9 Å². The smallest absolute Gasteiger partial charge is 0.391 e. The SMILES string of the molecule is COc1c(F)cccc1-c1cc(C)n2ncc(C(=O)NCC(C)C(C)C(F)(F)F)c2n1. The fraction of sp³-hybridized carbons (Fsp3) is 0.381. The minimum Gasteiger partial charge on any atom is -0.493 e. The van der Waals surface area contributed by atoms with E-state index in [4.69, 9.17) is 4.74 Å². The molecule has 1 aromatic carbocycles. The number of fused-ring (bicyclic) bond motifs is 1. The zero-order valence-corrected chi connectivity index (χ0v) is 17.4. The molecule has 2 aromatic heterocycles. The van der Waals surface area contributed by atoms with Crippen molar-refractivity contribution in [3.05, 3.63) is 47.5 Å². The van der Waals surface area contributed by atoms with E-state index >= 15 is 0 Å². The van der Waals surface area contributed by atoms with Crippen LogP contribution < -0.4 is 10.1 Å². The van der Waals surface area contributed by atoms with Crippen molar-refractivity contribution in [3.63, 3.8) is 0 Å². The van der Waals surface area contributed by atoms with Crippen LogP contribution in [0.5, 0.6) is 5.75 Å². The third-order valence-corrected chi connectivity index (χ3v) is 5.30. The summed E-state index contributed by atoms with van der Waals surface area (Å²) < 4.78 is 59.3. The van der Waals surface area contributed by atoms with Crippen molar-refractivity contribution in [1.29, 1.82) is 0 Å². The minimum atomic E-state index is -4.34. The summed E-state index contributed by atoms with van der Waals surface area (Å²) in [5.41, 5.74) is 1.70. The van der Waals surface area contributed by atoms with Crippen molar-refractivity contribution in [2.45, 2.75) is 26.9 Å². The largest absolute Gasteiger partial charge is 0.493 e. The molecular formula is C21H22F4N4O2. The second kappa shape index (κ2) is 8.52. The number of nitrogens with zero attached hydrogens (tertiary/aromatic N) is 3. The third-order valence-electron chi connectivity index (χ3n) is 5.30. The molecule has 0 bridgehead atoms. The Labute approximate surface area is 176 Å². The maximum atomic E-state index is 14.1. The number of aryl methyl sites for hydroxylation is 1. The molecule has 0 aliphatic rings. The van der Waals surface area contributed by atoms with Gasteiger partial charge in [0.15, 0.2) is 17.2 Å². The number of alkyl halides is 3. The number of para-hydroxylation sites is 1. The molecule has 1 amide bonds. The molecule has 6 nitrogen and oxygen atoms in total. The Morgan fingerprint density at radius 3 is 2.65 bits per heavy atom. The Balaban J connectivity index is 1.93. The van der Waals surface area contributed by atoms with Gasteiger partial charge in [-0.3, -0.25) is 4.79 Å². The van der Waals surface area contributed by atoms with Crippen LogP contribution in [0.25, 0.3) is 16.9 Å². The Morgan fingerprint density at radius 1 is 1.29 bits per heavy atom. The number of halogens is 4. The Bertz CT molecular complexity index is 1110. The molecule has 0 saturated carbocycles. The van der Waals surface area contributed by atoms with Gasteiger partial charge >= 0.3 is 6.18 Å². The standard InChI is InChI=1S/C21H22F4N4O2/c1-11(13(3)21(23,24)25)9-26-20(30)15-10-27-29-12(2)8-17(28-19(15)29)14-6-5-7-16(22)18(14)31-4/h5-8,10-11,13H,9H2,1-4H3,(H,26,30). The van der Waals surface area contributed by atoms with E-state index < -0.39 is 29.7 Å². The Hall–Kier alpha value is -3.17. The highest BCUT2D eigenvalue weighted by Gasteiger charge is 2.39. The number of amides is 1. The molecule has 0 saturated heterocycles. The van der Waals surface area contributed by atoms with Crippen molar-refractivity contribution < 1.29 is 27.1 Å². The second-order valence-electron chi connectivity index (χ2n) is 7.41. The third kappa shape index (κ3) is 4.47. The highest BCUT2D eigenvalue weighted by molar-refractivity contribution is 5.99. The van der Waals surface area contributed by atoms with Gasteiger partial charge in [-0.05, 0) is 31.0 Å². The summed E-state index contributed by atoms with van der Waals surface area (Å²) in [6.07, 6.45) is -3.04. The first-order valence-electron chi connectivity index (χ1n) is 9.57. The fourth-order valence-corrected chi connectivity index (χ4v) is 3.18. The van der Waals surface area contributed by atoms with Crippen LogP contribution in [-0.4, -0.2) is 40.3 Å². The first-order valence-corrected chi connectivity index (χ1v) is 9.57. The van der Waals surface area contributed by atoms with E-state index in [2.05, 4.69) is 15.4 Å². The second-order valence-corrected chi connectivity index (χ2v) is 7.41. The highest BCUT2D eigenvalue weighted by atomic mass is 19.4. The van der Waals surface area contributed by atoms with Crippen LogP contribution in [0.3, 0.4) is 0 Å². The van der Waals surface area contributed by atoms with Gasteiger partial charge in [-0.15, -0.1) is 0 Å². The van der Waals surface area contributed by atoms with E-state index in [1.54, 1.807) is 19.1 Å². The zero-order chi connectivity index (χ0) is 22.9. The Kier molecular flexibility index (Phi) is 6.19. The van der Waals surface area contributed by atoms with Crippen molar-refractivity contribution >= 4 is 11.6 Å². The molecule has 0 radical (unpaired) electrons. The van der Waals surface area contributed by atoms with Crippen LogP contribution in [0.2, 0.25) is 0 Å². The lowest BCUT2D eigenvalue weighted by molar-refractivity contribution is -0.181. The van der Waals surface area contributed by atoms with Crippen LogP contribution in [0.4, 0.5) is 17.6 Å². The molecule has 166 valence electrons. The predicted octanol–water partition coefficient (Wildman–Crippen LogP) is 4.42. The first kappa shape index (κ1) is 22.5. The average Bonchev–Trinajstić information content (AvgIpc) is 3.15. The van der Waals surface area contributed by atoms with Gasteiger partial charge in [-0.1, -0.05) is 19.9 Å². The maximum absolute atomic E-state index is 14.1. The topological polar surface area (TPSA) is 68.5 Å². The van der Waals surface area contributed by atoms with Gasteiger partial charge in [0.2, 0.25) is 0 Å². The predicted molar refractivity (Wildman–Crippen MR) is 106 cm³/mol. The molecule has 2 unspecified atom stereocenters. The lowest BCUT2D eigenvalue weighted by Crippen LogP contribution is -2.35. The lowest BCUT2D eigenvalue weighted by atomic mass is 9.95. The van der Waals surface area contributed by atoms with Crippen LogP contribution in [0.1, 0.15) is 29.9 Å². The first-order chi connectivity index (χ1) is 14.5. The van der Waals surface area contributed by atoms with E-state index in [9.17, 15) is 22.4 Å². The molecular weight excluding hydrogens is 416 g/mol. The fourth-order valence-electron chi connectivity index (χ4n) is 3.18. The summed E-state index contributed by atoms with van der Waals surface area (Å²) in [4.78, 5) is 17.1. The molecule has 0 fully saturated rings. The molecule has 10 heteroatoms. The number of hydrogen-bond donors (Lipinski definition) is 1.